The summed E-state index contributed by atoms with van der Waals surface area (Å²) in [6, 6.07) is 3.23. The SMILES string of the molecule is CNC1C(=O)Nc2cc(N(C)CC(O)COC)c(Cl)cc21. The van der Waals surface area contributed by atoms with E-state index in [0.29, 0.717) is 11.6 Å². The van der Waals surface area contributed by atoms with Crippen LogP contribution in [0.25, 0.3) is 0 Å². The van der Waals surface area contributed by atoms with E-state index in [1.54, 1.807) is 20.2 Å². The maximum Gasteiger partial charge on any atom is 0.246 e. The van der Waals surface area contributed by atoms with Crippen LogP contribution in [0.3, 0.4) is 0 Å². The third kappa shape index (κ3) is 3.29. The van der Waals surface area contributed by atoms with Crippen LogP contribution >= 0.6 is 11.6 Å². The van der Waals surface area contributed by atoms with E-state index in [1.165, 1.54) is 0 Å². The van der Waals surface area contributed by atoms with Gasteiger partial charge < -0.3 is 25.4 Å². The summed E-state index contributed by atoms with van der Waals surface area (Å²) in [4.78, 5) is 13.7. The highest BCUT2D eigenvalue weighted by Gasteiger charge is 2.30. The molecule has 21 heavy (non-hydrogen) atoms. The summed E-state index contributed by atoms with van der Waals surface area (Å²) in [6.07, 6.45) is -0.607. The van der Waals surface area contributed by atoms with E-state index < -0.39 is 6.10 Å². The number of carbonyl (C=O) groups excluding carboxylic acids is 1. The topological polar surface area (TPSA) is 73.8 Å². The first-order valence-electron chi connectivity index (χ1n) is 6.67. The zero-order chi connectivity index (χ0) is 15.6. The fourth-order valence-electron chi connectivity index (χ4n) is 2.51. The number of hydrogen-bond acceptors (Lipinski definition) is 5. The van der Waals surface area contributed by atoms with Gasteiger partial charge in [0.05, 0.1) is 23.4 Å². The normalized spacial score (nSPS) is 18.3. The lowest BCUT2D eigenvalue weighted by Gasteiger charge is -2.24. The van der Waals surface area contributed by atoms with Crippen molar-refractivity contribution < 1.29 is 14.6 Å². The van der Waals surface area contributed by atoms with E-state index in [9.17, 15) is 9.90 Å². The highest BCUT2D eigenvalue weighted by Crippen LogP contribution is 2.38. The first-order chi connectivity index (χ1) is 9.97. The van der Waals surface area contributed by atoms with Crippen LogP contribution in [0.1, 0.15) is 11.6 Å². The molecule has 2 unspecified atom stereocenters. The smallest absolute Gasteiger partial charge is 0.246 e. The number of ether oxygens (including phenoxy) is 1. The van der Waals surface area contributed by atoms with E-state index in [-0.39, 0.29) is 18.6 Å². The summed E-state index contributed by atoms with van der Waals surface area (Å²) < 4.78 is 4.91. The molecule has 1 aliphatic heterocycles. The Balaban J connectivity index is 2.23. The van der Waals surface area contributed by atoms with Gasteiger partial charge in [0.1, 0.15) is 6.04 Å². The number of methoxy groups -OCH3 is 1. The lowest BCUT2D eigenvalue weighted by atomic mass is 10.1. The molecule has 2 rings (SSSR count). The minimum absolute atomic E-state index is 0.0946. The van der Waals surface area contributed by atoms with E-state index >= 15 is 0 Å². The van der Waals surface area contributed by atoms with Gasteiger partial charge in [0.2, 0.25) is 5.91 Å². The average molecular weight is 314 g/mol. The molecule has 0 radical (unpaired) electrons. The van der Waals surface area contributed by atoms with Gasteiger partial charge in [0.25, 0.3) is 0 Å². The molecule has 7 heteroatoms. The molecule has 0 bridgehead atoms. The zero-order valence-corrected chi connectivity index (χ0v) is 13.1. The Morgan fingerprint density at radius 1 is 1.57 bits per heavy atom. The third-order valence-corrected chi connectivity index (χ3v) is 3.80. The number of amides is 1. The lowest BCUT2D eigenvalue weighted by molar-refractivity contribution is -0.117. The fraction of sp³-hybridized carbons (Fsp3) is 0.500. The quantitative estimate of drug-likeness (QED) is 0.730. The summed E-state index contributed by atoms with van der Waals surface area (Å²) in [5.41, 5.74) is 2.33. The Bertz CT molecular complexity index is 538. The van der Waals surface area contributed by atoms with E-state index in [2.05, 4.69) is 10.6 Å². The zero-order valence-electron chi connectivity index (χ0n) is 12.3. The maximum absolute atomic E-state index is 11.8. The molecule has 0 saturated heterocycles. The molecule has 1 aromatic rings. The molecule has 0 saturated carbocycles. The van der Waals surface area contributed by atoms with Crippen molar-refractivity contribution in [1.82, 2.24) is 5.32 Å². The molecule has 0 fully saturated rings. The molecule has 1 aromatic carbocycles. The van der Waals surface area contributed by atoms with Crippen LogP contribution in [-0.4, -0.2) is 51.5 Å². The largest absolute Gasteiger partial charge is 0.389 e. The molecule has 0 spiro atoms. The van der Waals surface area contributed by atoms with Crippen molar-refractivity contribution in [2.75, 3.05) is 44.6 Å². The summed E-state index contributed by atoms with van der Waals surface area (Å²) in [5, 5.41) is 16.1. The number of nitrogens with zero attached hydrogens (tertiary/aromatic N) is 1. The van der Waals surface area contributed by atoms with Gasteiger partial charge in [-0.25, -0.2) is 0 Å². The van der Waals surface area contributed by atoms with Crippen LogP contribution in [0.5, 0.6) is 0 Å². The number of aliphatic hydroxyl groups excluding tert-OH is 1. The van der Waals surface area contributed by atoms with Gasteiger partial charge in [-0.15, -0.1) is 0 Å². The van der Waals surface area contributed by atoms with Crippen molar-refractivity contribution in [1.29, 1.82) is 0 Å². The van der Waals surface area contributed by atoms with Crippen LogP contribution < -0.4 is 15.5 Å². The molecule has 6 nitrogen and oxygen atoms in total. The summed E-state index contributed by atoms with van der Waals surface area (Å²) in [6.45, 7) is 0.640. The highest BCUT2D eigenvalue weighted by molar-refractivity contribution is 6.33. The van der Waals surface area contributed by atoms with Gasteiger partial charge in [-0.2, -0.15) is 0 Å². The van der Waals surface area contributed by atoms with Gasteiger partial charge in [-0.1, -0.05) is 11.6 Å². The van der Waals surface area contributed by atoms with Crippen LogP contribution in [0.4, 0.5) is 11.4 Å². The minimum atomic E-state index is -0.607. The van der Waals surface area contributed by atoms with E-state index in [1.807, 2.05) is 18.0 Å². The monoisotopic (exact) mass is 313 g/mol. The predicted molar refractivity (Wildman–Crippen MR) is 83.0 cm³/mol. The molecular weight excluding hydrogens is 294 g/mol. The van der Waals surface area contributed by atoms with Crippen molar-refractivity contribution in [3.05, 3.63) is 22.7 Å². The third-order valence-electron chi connectivity index (χ3n) is 3.49. The first-order valence-corrected chi connectivity index (χ1v) is 7.05. The highest BCUT2D eigenvalue weighted by atomic mass is 35.5. The molecule has 2 atom stereocenters. The van der Waals surface area contributed by atoms with Crippen LogP contribution in [-0.2, 0) is 9.53 Å². The Hall–Kier alpha value is -1.34. The summed E-state index contributed by atoms with van der Waals surface area (Å²) in [7, 11) is 5.10. The van der Waals surface area contributed by atoms with Crippen molar-refractivity contribution in [3.8, 4) is 0 Å². The Morgan fingerprint density at radius 2 is 2.29 bits per heavy atom. The summed E-state index contributed by atoms with van der Waals surface area (Å²) >= 11 is 6.31. The number of rotatable bonds is 6. The summed E-state index contributed by atoms with van der Waals surface area (Å²) in [5.74, 6) is -0.0946. The molecule has 1 amide bonds. The number of anilines is 2. The maximum atomic E-state index is 11.8. The van der Waals surface area contributed by atoms with Crippen LogP contribution in [0.2, 0.25) is 5.02 Å². The number of nitrogens with one attached hydrogen (secondary N) is 2. The second-order valence-electron chi connectivity index (χ2n) is 5.09. The Kier molecular flexibility index (Phi) is 5.05. The van der Waals surface area contributed by atoms with Gasteiger partial charge in [-0.3, -0.25) is 4.79 Å². The van der Waals surface area contributed by atoms with Gasteiger partial charge in [-0.05, 0) is 19.2 Å². The van der Waals surface area contributed by atoms with Gasteiger partial charge in [0, 0.05) is 32.0 Å². The van der Waals surface area contributed by atoms with Crippen LogP contribution in [0.15, 0.2) is 12.1 Å². The Labute approximate surface area is 129 Å². The fourth-order valence-corrected chi connectivity index (χ4v) is 2.83. The van der Waals surface area contributed by atoms with Gasteiger partial charge in [0.15, 0.2) is 0 Å². The van der Waals surface area contributed by atoms with E-state index in [4.69, 9.17) is 16.3 Å². The van der Waals surface area contributed by atoms with Crippen molar-refractivity contribution >= 4 is 28.9 Å². The van der Waals surface area contributed by atoms with Crippen molar-refractivity contribution in [2.24, 2.45) is 0 Å². The molecule has 1 heterocycles. The van der Waals surface area contributed by atoms with Crippen molar-refractivity contribution in [3.63, 3.8) is 0 Å². The second kappa shape index (κ2) is 6.62. The molecule has 0 aliphatic carbocycles. The second-order valence-corrected chi connectivity index (χ2v) is 5.50. The van der Waals surface area contributed by atoms with E-state index in [0.717, 1.165) is 16.9 Å². The number of fused-ring (bicyclic) bond motifs is 1. The first kappa shape index (κ1) is 16.0. The standard InChI is InChI=1S/C14H20ClN3O3/c1-16-13-9-4-10(15)12(5-11(9)17-14(13)20)18(2)6-8(19)7-21-3/h4-5,8,13,16,19H,6-7H2,1-3H3,(H,17,20). The average Bonchev–Trinajstić information content (AvgIpc) is 2.72. The number of hydrogen-bond donors (Lipinski definition) is 3. The number of aliphatic hydroxyl groups is 1. The number of likely N-dealkylation sites (N-methyl/N-ethyl adjacent to an activating group) is 2. The van der Waals surface area contributed by atoms with Crippen LogP contribution in [0, 0.1) is 0 Å². The predicted octanol–water partition coefficient (Wildman–Crippen LogP) is 0.996. The number of carbonyl (C=O) groups is 1. The molecule has 3 N–H and O–H groups in total. The van der Waals surface area contributed by atoms with Crippen molar-refractivity contribution in [2.45, 2.75) is 12.1 Å². The molecule has 1 aliphatic rings. The Morgan fingerprint density at radius 3 is 2.90 bits per heavy atom. The number of halogens is 1. The number of benzene rings is 1. The lowest BCUT2D eigenvalue weighted by Crippen LogP contribution is -2.32. The molecular formula is C14H20ClN3O3. The molecule has 0 aromatic heterocycles. The minimum Gasteiger partial charge on any atom is -0.389 e. The van der Waals surface area contributed by atoms with Gasteiger partial charge >= 0.3 is 0 Å². The molecule has 116 valence electrons.